The van der Waals surface area contributed by atoms with Crippen LogP contribution in [0.1, 0.15) is 17.3 Å². The molecule has 3 nitrogen and oxygen atoms in total. The molecule has 0 fully saturated rings. The van der Waals surface area contributed by atoms with Crippen LogP contribution in [-0.2, 0) is 9.53 Å². The minimum absolute atomic E-state index is 0.198. The molecule has 0 radical (unpaired) electrons. The van der Waals surface area contributed by atoms with E-state index in [4.69, 9.17) is 0 Å². The first kappa shape index (κ1) is 12.3. The second kappa shape index (κ2) is 4.83. The van der Waals surface area contributed by atoms with Crippen molar-refractivity contribution in [3.63, 3.8) is 0 Å². The number of hydrogen-bond acceptors (Lipinski definition) is 3. The number of rotatable bonds is 4. The molecular formula is C11H10F2O3. The van der Waals surface area contributed by atoms with Gasteiger partial charge in [0.25, 0.3) is 0 Å². The Kier molecular flexibility index (Phi) is 3.71. The summed E-state index contributed by atoms with van der Waals surface area (Å²) in [5.41, 5.74) is -0.222. The second-order valence-corrected chi connectivity index (χ2v) is 2.99. The summed E-state index contributed by atoms with van der Waals surface area (Å²) in [6, 6.07) is 6.90. The molecule has 0 aliphatic rings. The predicted molar refractivity (Wildman–Crippen MR) is 52.4 cm³/mol. The summed E-state index contributed by atoms with van der Waals surface area (Å²) in [5, 5.41) is 0. The van der Waals surface area contributed by atoms with Gasteiger partial charge in [0.1, 0.15) is 0 Å². The number of benzene rings is 1. The molecule has 1 aromatic carbocycles. The molecule has 86 valence electrons. The van der Waals surface area contributed by atoms with E-state index < -0.39 is 17.7 Å². The molecule has 1 aromatic rings. The molecule has 0 bridgehead atoms. The maximum atomic E-state index is 13.3. The summed E-state index contributed by atoms with van der Waals surface area (Å²) < 4.78 is 30.7. The molecule has 0 N–H and O–H groups in total. The zero-order chi connectivity index (χ0) is 12.2. The molecule has 0 spiro atoms. The van der Waals surface area contributed by atoms with Crippen LogP contribution in [0.4, 0.5) is 8.78 Å². The molecule has 0 unspecified atom stereocenters. The minimum atomic E-state index is -4.13. The topological polar surface area (TPSA) is 43.4 Å². The predicted octanol–water partition coefficient (Wildman–Crippen LogP) is 2.07. The first-order valence-corrected chi connectivity index (χ1v) is 4.65. The van der Waals surface area contributed by atoms with Gasteiger partial charge in [-0.2, -0.15) is 8.78 Å². The first-order valence-electron chi connectivity index (χ1n) is 4.65. The third kappa shape index (κ3) is 2.42. The van der Waals surface area contributed by atoms with Gasteiger partial charge in [0.05, 0.1) is 6.61 Å². The van der Waals surface area contributed by atoms with E-state index in [1.807, 2.05) is 0 Å². The van der Waals surface area contributed by atoms with Crippen molar-refractivity contribution < 1.29 is 23.1 Å². The van der Waals surface area contributed by atoms with E-state index in [1.54, 1.807) is 6.07 Å². The Morgan fingerprint density at radius 3 is 2.31 bits per heavy atom. The fourth-order valence-electron chi connectivity index (χ4n) is 1.09. The Morgan fingerprint density at radius 1 is 1.25 bits per heavy atom. The van der Waals surface area contributed by atoms with Crippen LogP contribution in [0.3, 0.4) is 0 Å². The number of hydrogen-bond donors (Lipinski definition) is 0. The second-order valence-electron chi connectivity index (χ2n) is 2.99. The van der Waals surface area contributed by atoms with Gasteiger partial charge in [-0.05, 0) is 6.92 Å². The summed E-state index contributed by atoms with van der Waals surface area (Å²) in [4.78, 5) is 22.2. The Morgan fingerprint density at radius 2 is 1.81 bits per heavy atom. The Balaban J connectivity index is 2.92. The van der Waals surface area contributed by atoms with Gasteiger partial charge in [0, 0.05) is 5.56 Å². The molecule has 0 aliphatic carbocycles. The van der Waals surface area contributed by atoms with E-state index in [1.165, 1.54) is 31.2 Å². The van der Waals surface area contributed by atoms with E-state index in [2.05, 4.69) is 4.74 Å². The number of carbonyl (C=O) groups excluding carboxylic acids is 2. The van der Waals surface area contributed by atoms with Gasteiger partial charge in [0.2, 0.25) is 5.78 Å². The van der Waals surface area contributed by atoms with Crippen molar-refractivity contribution in [2.45, 2.75) is 12.8 Å². The lowest BCUT2D eigenvalue weighted by Crippen LogP contribution is -2.39. The third-order valence-electron chi connectivity index (χ3n) is 1.85. The quantitative estimate of drug-likeness (QED) is 0.450. The largest absolute Gasteiger partial charge is 0.461 e. The maximum Gasteiger partial charge on any atom is 0.404 e. The van der Waals surface area contributed by atoms with Crippen LogP contribution >= 0.6 is 0 Å². The summed E-state index contributed by atoms with van der Waals surface area (Å²) in [6.45, 7) is 1.19. The number of ether oxygens (including phenoxy) is 1. The van der Waals surface area contributed by atoms with Gasteiger partial charge < -0.3 is 4.74 Å². The highest BCUT2D eigenvalue weighted by Crippen LogP contribution is 2.21. The third-order valence-corrected chi connectivity index (χ3v) is 1.85. The lowest BCUT2D eigenvalue weighted by Gasteiger charge is -2.12. The van der Waals surface area contributed by atoms with Gasteiger partial charge in [-0.1, -0.05) is 30.3 Å². The van der Waals surface area contributed by atoms with Crippen molar-refractivity contribution in [3.8, 4) is 0 Å². The standard InChI is InChI=1S/C11H10F2O3/c1-2-16-10(15)11(12,13)9(14)8-6-4-3-5-7-8/h3-7H,2H2,1H3. The molecule has 0 aromatic heterocycles. The lowest BCUT2D eigenvalue weighted by molar-refractivity contribution is -0.164. The van der Waals surface area contributed by atoms with Crippen molar-refractivity contribution >= 4 is 11.8 Å². The highest BCUT2D eigenvalue weighted by molar-refractivity contribution is 6.13. The molecule has 0 amide bonds. The van der Waals surface area contributed by atoms with Gasteiger partial charge in [-0.3, -0.25) is 4.79 Å². The minimum Gasteiger partial charge on any atom is -0.461 e. The van der Waals surface area contributed by atoms with Gasteiger partial charge in [-0.15, -0.1) is 0 Å². The normalized spacial score (nSPS) is 10.9. The van der Waals surface area contributed by atoms with E-state index in [9.17, 15) is 18.4 Å². The van der Waals surface area contributed by atoms with Crippen molar-refractivity contribution in [1.82, 2.24) is 0 Å². The van der Waals surface area contributed by atoms with Crippen molar-refractivity contribution in [1.29, 1.82) is 0 Å². The molecular weight excluding hydrogens is 218 g/mol. The first-order chi connectivity index (χ1) is 7.50. The maximum absolute atomic E-state index is 13.3. The summed E-state index contributed by atoms with van der Waals surface area (Å²) >= 11 is 0. The number of esters is 1. The van der Waals surface area contributed by atoms with Crippen molar-refractivity contribution in [2.75, 3.05) is 6.61 Å². The monoisotopic (exact) mass is 228 g/mol. The number of alkyl halides is 2. The number of ketones is 1. The highest BCUT2D eigenvalue weighted by atomic mass is 19.3. The number of halogens is 2. The highest BCUT2D eigenvalue weighted by Gasteiger charge is 2.49. The molecule has 0 saturated heterocycles. The van der Waals surface area contributed by atoms with E-state index >= 15 is 0 Å². The van der Waals surface area contributed by atoms with E-state index in [0.717, 1.165) is 0 Å². The number of Topliss-reactive ketones (excluding diaryl/α,β-unsaturated/α-hetero) is 1. The van der Waals surface area contributed by atoms with Crippen LogP contribution in [0.15, 0.2) is 30.3 Å². The molecule has 0 aliphatic heterocycles. The van der Waals surface area contributed by atoms with Crippen LogP contribution in [0, 0.1) is 0 Å². The fraction of sp³-hybridized carbons (Fsp3) is 0.273. The average Bonchev–Trinajstić information content (AvgIpc) is 2.29. The van der Waals surface area contributed by atoms with Crippen molar-refractivity contribution in [2.24, 2.45) is 0 Å². The molecule has 0 atom stereocenters. The Bertz CT molecular complexity index is 387. The summed E-state index contributed by atoms with van der Waals surface area (Å²) in [7, 11) is 0. The zero-order valence-electron chi connectivity index (χ0n) is 8.57. The summed E-state index contributed by atoms with van der Waals surface area (Å²) in [6.07, 6.45) is 0. The van der Waals surface area contributed by atoms with Crippen LogP contribution in [0.25, 0.3) is 0 Å². The van der Waals surface area contributed by atoms with Gasteiger partial charge in [0.15, 0.2) is 0 Å². The van der Waals surface area contributed by atoms with Gasteiger partial charge >= 0.3 is 11.9 Å². The van der Waals surface area contributed by atoms with Crippen molar-refractivity contribution in [3.05, 3.63) is 35.9 Å². The van der Waals surface area contributed by atoms with Crippen LogP contribution in [-0.4, -0.2) is 24.3 Å². The molecule has 16 heavy (non-hydrogen) atoms. The Hall–Kier alpha value is -1.78. The van der Waals surface area contributed by atoms with E-state index in [-0.39, 0.29) is 12.2 Å². The van der Waals surface area contributed by atoms with Crippen LogP contribution in [0.5, 0.6) is 0 Å². The zero-order valence-corrected chi connectivity index (χ0v) is 8.57. The molecule has 5 heteroatoms. The van der Waals surface area contributed by atoms with Crippen LogP contribution < -0.4 is 0 Å². The van der Waals surface area contributed by atoms with Gasteiger partial charge in [-0.25, -0.2) is 4.79 Å². The smallest absolute Gasteiger partial charge is 0.404 e. The molecule has 1 rings (SSSR count). The SMILES string of the molecule is CCOC(=O)C(F)(F)C(=O)c1ccccc1. The molecule has 0 saturated carbocycles. The van der Waals surface area contributed by atoms with E-state index in [0.29, 0.717) is 0 Å². The average molecular weight is 228 g/mol. The number of carbonyl (C=O) groups is 2. The molecule has 0 heterocycles. The summed E-state index contributed by atoms with van der Waals surface area (Å²) in [5.74, 6) is -7.49. The van der Waals surface area contributed by atoms with Crippen LogP contribution in [0.2, 0.25) is 0 Å². The fourth-order valence-corrected chi connectivity index (χ4v) is 1.09. The lowest BCUT2D eigenvalue weighted by atomic mass is 10.1. The Labute approximate surface area is 91.0 Å².